The van der Waals surface area contributed by atoms with Crippen molar-refractivity contribution in [2.24, 2.45) is 0 Å². The van der Waals surface area contributed by atoms with Crippen molar-refractivity contribution in [2.45, 2.75) is 4.83 Å². The summed E-state index contributed by atoms with van der Waals surface area (Å²) in [4.78, 5) is 11.9. The Morgan fingerprint density at radius 3 is 2.57 bits per heavy atom. The van der Waals surface area contributed by atoms with Gasteiger partial charge in [0, 0.05) is 12.7 Å². The maximum atomic E-state index is 12.4. The molecular weight excluding hydrogens is 336 g/mol. The van der Waals surface area contributed by atoms with Gasteiger partial charge in [-0.2, -0.15) is 0 Å². The number of Topliss-reactive ketones (excluding diaryl/α,β-unsaturated/α-hetero) is 1. The number of phenols is 1. The summed E-state index contributed by atoms with van der Waals surface area (Å²) in [6, 6.07) is 13.4. The van der Waals surface area contributed by atoms with Crippen molar-refractivity contribution in [3.05, 3.63) is 59.7 Å². The van der Waals surface area contributed by atoms with Gasteiger partial charge in [0.2, 0.25) is 0 Å². The monoisotopic (exact) mass is 350 g/mol. The van der Waals surface area contributed by atoms with Gasteiger partial charge in [-0.05, 0) is 42.0 Å². The number of hydrogen-bond acceptors (Lipinski definition) is 4. The van der Waals surface area contributed by atoms with Crippen LogP contribution in [0, 0.1) is 0 Å². The number of methoxy groups -OCH3 is 1. The maximum Gasteiger partial charge on any atom is 0.188 e. The van der Waals surface area contributed by atoms with Gasteiger partial charge in [0.15, 0.2) is 12.6 Å². The predicted octanol–water partition coefficient (Wildman–Crippen LogP) is 3.69. The quantitative estimate of drug-likeness (QED) is 0.490. The number of alkyl halides is 1. The van der Waals surface area contributed by atoms with E-state index in [1.54, 1.807) is 55.6 Å². The fourth-order valence-electron chi connectivity index (χ4n) is 1.82. The Bertz CT molecular complexity index is 610. The lowest BCUT2D eigenvalue weighted by molar-refractivity contribution is 0.0511. The van der Waals surface area contributed by atoms with Crippen LogP contribution < -0.4 is 4.74 Å². The summed E-state index contributed by atoms with van der Waals surface area (Å²) >= 11 is 3.37. The third kappa shape index (κ3) is 4.06. The number of carbonyl (C=O) groups excluding carboxylic acids is 1. The van der Waals surface area contributed by atoms with Crippen LogP contribution in [-0.4, -0.2) is 24.8 Å². The number of ketones is 1. The zero-order valence-electron chi connectivity index (χ0n) is 11.5. The van der Waals surface area contributed by atoms with Crippen molar-refractivity contribution in [3.8, 4) is 11.5 Å². The van der Waals surface area contributed by atoms with E-state index in [1.807, 2.05) is 0 Å². The first kappa shape index (κ1) is 15.5. The van der Waals surface area contributed by atoms with Crippen LogP contribution in [0.15, 0.2) is 48.5 Å². The zero-order chi connectivity index (χ0) is 15.2. The first-order valence-corrected chi connectivity index (χ1v) is 7.22. The lowest BCUT2D eigenvalue weighted by Gasteiger charge is -2.10. The molecule has 1 atom stereocenters. The summed E-state index contributed by atoms with van der Waals surface area (Å²) in [5.41, 5.74) is 1.27. The van der Waals surface area contributed by atoms with Crippen molar-refractivity contribution in [3.63, 3.8) is 0 Å². The van der Waals surface area contributed by atoms with E-state index in [2.05, 4.69) is 15.9 Å². The van der Waals surface area contributed by atoms with E-state index >= 15 is 0 Å². The van der Waals surface area contributed by atoms with Crippen molar-refractivity contribution in [2.75, 3.05) is 13.9 Å². The largest absolute Gasteiger partial charge is 0.508 e. The third-order valence-corrected chi connectivity index (χ3v) is 3.82. The van der Waals surface area contributed by atoms with Crippen molar-refractivity contribution in [1.82, 2.24) is 0 Å². The van der Waals surface area contributed by atoms with Gasteiger partial charge in [0.25, 0.3) is 0 Å². The number of phenolic OH excluding ortho intramolecular Hbond substituents is 1. The number of halogens is 1. The third-order valence-electron chi connectivity index (χ3n) is 2.88. The van der Waals surface area contributed by atoms with E-state index in [0.717, 1.165) is 0 Å². The minimum absolute atomic E-state index is 0.0844. The Hall–Kier alpha value is -1.85. The Morgan fingerprint density at radius 2 is 1.95 bits per heavy atom. The van der Waals surface area contributed by atoms with Crippen LogP contribution in [0.2, 0.25) is 0 Å². The summed E-state index contributed by atoms with van der Waals surface area (Å²) in [5.74, 6) is 0.684. The molecule has 0 aliphatic heterocycles. The number of aromatic hydroxyl groups is 1. The molecule has 4 nitrogen and oxygen atoms in total. The molecule has 5 heteroatoms. The molecule has 0 aliphatic carbocycles. The number of ether oxygens (including phenoxy) is 2. The van der Waals surface area contributed by atoms with Gasteiger partial charge in [-0.15, -0.1) is 0 Å². The van der Waals surface area contributed by atoms with Crippen molar-refractivity contribution in [1.29, 1.82) is 0 Å². The van der Waals surface area contributed by atoms with Crippen LogP contribution in [0.5, 0.6) is 11.5 Å². The molecular formula is C16H15BrO4. The number of carbonyl (C=O) groups is 1. The van der Waals surface area contributed by atoms with E-state index < -0.39 is 4.83 Å². The van der Waals surface area contributed by atoms with Crippen LogP contribution in [-0.2, 0) is 4.74 Å². The molecule has 0 aromatic heterocycles. The molecule has 110 valence electrons. The molecule has 1 unspecified atom stereocenters. The average molecular weight is 351 g/mol. The average Bonchev–Trinajstić information content (AvgIpc) is 2.52. The Balaban J connectivity index is 2.12. The second-order valence-corrected chi connectivity index (χ2v) is 5.31. The molecule has 1 N–H and O–H groups in total. The van der Waals surface area contributed by atoms with Gasteiger partial charge in [-0.3, -0.25) is 4.79 Å². The molecule has 0 amide bonds. The number of hydrogen-bond donors (Lipinski definition) is 1. The van der Waals surface area contributed by atoms with Gasteiger partial charge in [0.1, 0.15) is 16.3 Å². The predicted molar refractivity (Wildman–Crippen MR) is 83.1 cm³/mol. The highest BCUT2D eigenvalue weighted by Crippen LogP contribution is 2.29. The Morgan fingerprint density at radius 1 is 1.24 bits per heavy atom. The van der Waals surface area contributed by atoms with Gasteiger partial charge < -0.3 is 14.6 Å². The molecule has 2 aromatic rings. The maximum absolute atomic E-state index is 12.4. The van der Waals surface area contributed by atoms with Crippen LogP contribution >= 0.6 is 15.9 Å². The number of benzene rings is 2. The van der Waals surface area contributed by atoms with E-state index in [1.165, 1.54) is 0 Å². The molecule has 0 spiro atoms. The summed E-state index contributed by atoms with van der Waals surface area (Å²) in [6.45, 7) is 0.164. The standard InChI is InChI=1S/C16H15BrO4/c1-20-10-21-14-7-5-11(6-8-14)16(19)15(17)12-3-2-4-13(18)9-12/h2-9,15,18H,10H2,1H3. The second kappa shape index (κ2) is 7.24. The molecule has 0 fully saturated rings. The van der Waals surface area contributed by atoms with E-state index in [-0.39, 0.29) is 18.3 Å². The number of rotatable bonds is 6. The Labute approximate surface area is 131 Å². The lowest BCUT2D eigenvalue weighted by atomic mass is 10.0. The molecule has 21 heavy (non-hydrogen) atoms. The van der Waals surface area contributed by atoms with Crippen LogP contribution in [0.3, 0.4) is 0 Å². The normalized spacial score (nSPS) is 11.9. The van der Waals surface area contributed by atoms with Gasteiger partial charge >= 0.3 is 0 Å². The first-order chi connectivity index (χ1) is 10.1. The molecule has 0 radical (unpaired) electrons. The molecule has 2 aromatic carbocycles. The van der Waals surface area contributed by atoms with E-state index in [0.29, 0.717) is 16.9 Å². The minimum Gasteiger partial charge on any atom is -0.508 e. The van der Waals surface area contributed by atoms with Crippen molar-refractivity contribution < 1.29 is 19.4 Å². The summed E-state index contributed by atoms with van der Waals surface area (Å²) in [7, 11) is 1.54. The fraction of sp³-hybridized carbons (Fsp3) is 0.188. The highest BCUT2D eigenvalue weighted by molar-refractivity contribution is 9.09. The summed E-state index contributed by atoms with van der Waals surface area (Å²) in [5, 5.41) is 9.47. The molecule has 2 rings (SSSR count). The van der Waals surface area contributed by atoms with Crippen LogP contribution in [0.4, 0.5) is 0 Å². The zero-order valence-corrected chi connectivity index (χ0v) is 13.0. The van der Waals surface area contributed by atoms with Gasteiger partial charge in [-0.1, -0.05) is 28.1 Å². The minimum atomic E-state index is -0.504. The van der Waals surface area contributed by atoms with Crippen LogP contribution in [0.1, 0.15) is 20.7 Å². The smallest absolute Gasteiger partial charge is 0.188 e. The van der Waals surface area contributed by atoms with Gasteiger partial charge in [-0.25, -0.2) is 0 Å². The lowest BCUT2D eigenvalue weighted by Crippen LogP contribution is -2.07. The fourth-order valence-corrected chi connectivity index (χ4v) is 2.37. The van der Waals surface area contributed by atoms with E-state index in [4.69, 9.17) is 9.47 Å². The molecule has 0 saturated heterocycles. The molecule has 0 heterocycles. The SMILES string of the molecule is COCOc1ccc(C(=O)C(Br)c2cccc(O)c2)cc1. The first-order valence-electron chi connectivity index (χ1n) is 6.31. The molecule has 0 aliphatic rings. The van der Waals surface area contributed by atoms with Crippen LogP contribution in [0.25, 0.3) is 0 Å². The molecule has 0 saturated carbocycles. The van der Waals surface area contributed by atoms with E-state index in [9.17, 15) is 9.90 Å². The summed E-state index contributed by atoms with van der Waals surface area (Å²) in [6.07, 6.45) is 0. The topological polar surface area (TPSA) is 55.8 Å². The Kier molecular flexibility index (Phi) is 5.36. The highest BCUT2D eigenvalue weighted by atomic mass is 79.9. The van der Waals surface area contributed by atoms with Crippen molar-refractivity contribution >= 4 is 21.7 Å². The highest BCUT2D eigenvalue weighted by Gasteiger charge is 2.19. The molecule has 0 bridgehead atoms. The second-order valence-electron chi connectivity index (χ2n) is 4.40. The summed E-state index contributed by atoms with van der Waals surface area (Å²) < 4.78 is 10.1. The van der Waals surface area contributed by atoms with Gasteiger partial charge in [0.05, 0.1) is 0 Å².